The van der Waals surface area contributed by atoms with Crippen molar-refractivity contribution in [3.8, 4) is 0 Å². The average molecular weight is 129 g/mol. The second-order valence-corrected chi connectivity index (χ2v) is 0.346. The van der Waals surface area contributed by atoms with Crippen molar-refractivity contribution in [2.45, 2.75) is 0 Å². The van der Waals surface area contributed by atoms with E-state index < -0.39 is 7.32 Å². The standard InChI is InChI=1S/BH3O3.Co.Li.H/c2-1(3)4;;;/h2-4H;;;. The molecule has 6 heavy (non-hydrogen) atoms. The van der Waals surface area contributed by atoms with Crippen molar-refractivity contribution in [2.75, 3.05) is 0 Å². The van der Waals surface area contributed by atoms with Crippen molar-refractivity contribution in [3.63, 3.8) is 0 Å². The molecule has 3 N–H and O–H groups in total. The van der Waals surface area contributed by atoms with Gasteiger partial charge in [0.25, 0.3) is 0 Å². The second-order valence-electron chi connectivity index (χ2n) is 0.346. The molecule has 0 rings (SSSR count). The quantitative estimate of drug-likeness (QED) is 0.311. The normalized spacial score (nSPS) is 4.50. The molecule has 0 fully saturated rings. The zero-order valence-corrected chi connectivity index (χ0v) is 3.29. The van der Waals surface area contributed by atoms with Gasteiger partial charge in [-0.3, -0.25) is 0 Å². The summed E-state index contributed by atoms with van der Waals surface area (Å²) in [6, 6.07) is 0. The Morgan fingerprint density at radius 3 is 1.00 bits per heavy atom. The van der Waals surface area contributed by atoms with E-state index in [1.165, 1.54) is 0 Å². The molecular formula is H4BCoLiO3. The van der Waals surface area contributed by atoms with Crippen LogP contribution in [0, 0.1) is 0 Å². The molecule has 0 unspecified atom stereocenters. The Bertz CT molecular complexity index is 15.5. The predicted molar refractivity (Wildman–Crippen MR) is 19.6 cm³/mol. The van der Waals surface area contributed by atoms with Crippen molar-refractivity contribution >= 4 is 26.2 Å². The first kappa shape index (κ1) is 15.7. The Morgan fingerprint density at radius 1 is 1.00 bits per heavy atom. The second kappa shape index (κ2) is 9.41. The third-order valence-electron chi connectivity index (χ3n) is 0. The van der Waals surface area contributed by atoms with Crippen LogP contribution in [0.3, 0.4) is 0 Å². The zero-order valence-electron chi connectivity index (χ0n) is 2.25. The van der Waals surface area contributed by atoms with Gasteiger partial charge < -0.3 is 15.1 Å². The van der Waals surface area contributed by atoms with Crippen molar-refractivity contribution in [2.24, 2.45) is 0 Å². The van der Waals surface area contributed by atoms with E-state index in [4.69, 9.17) is 15.1 Å². The van der Waals surface area contributed by atoms with Gasteiger partial charge in [-0.15, -0.1) is 0 Å². The minimum atomic E-state index is -2.17. The fraction of sp³-hybridized carbons (Fsp3) is 0. The Morgan fingerprint density at radius 2 is 1.00 bits per heavy atom. The third-order valence-corrected chi connectivity index (χ3v) is 0. The predicted octanol–water partition coefficient (Wildman–Crippen LogP) is -2.70. The van der Waals surface area contributed by atoms with Crippen LogP contribution in [0.15, 0.2) is 0 Å². The molecule has 0 aromatic rings. The molecule has 0 spiro atoms. The number of hydrogen-bond acceptors (Lipinski definition) is 3. The van der Waals surface area contributed by atoms with E-state index in [9.17, 15) is 0 Å². The molecule has 6 heteroatoms. The van der Waals surface area contributed by atoms with Crippen LogP contribution in [0.25, 0.3) is 0 Å². The van der Waals surface area contributed by atoms with Crippen molar-refractivity contribution in [3.05, 3.63) is 0 Å². The molecule has 0 aromatic heterocycles. The maximum absolute atomic E-state index is 7.17. The number of rotatable bonds is 0. The Hall–Kier alpha value is 1.05. The summed E-state index contributed by atoms with van der Waals surface area (Å²) in [5.41, 5.74) is 0. The van der Waals surface area contributed by atoms with Crippen molar-refractivity contribution in [1.29, 1.82) is 0 Å². The van der Waals surface area contributed by atoms with Crippen LogP contribution in [-0.2, 0) is 16.8 Å². The van der Waals surface area contributed by atoms with Gasteiger partial charge in [-0.05, 0) is 0 Å². The summed E-state index contributed by atoms with van der Waals surface area (Å²) in [6.45, 7) is 0. The molecule has 3 nitrogen and oxygen atoms in total. The van der Waals surface area contributed by atoms with E-state index in [0.717, 1.165) is 0 Å². The molecule has 0 atom stereocenters. The molecule has 0 saturated heterocycles. The summed E-state index contributed by atoms with van der Waals surface area (Å²) >= 11 is 0. The van der Waals surface area contributed by atoms with Gasteiger partial charge in [0.15, 0.2) is 0 Å². The maximum atomic E-state index is 7.17. The molecule has 0 aliphatic heterocycles. The molecule has 35 valence electrons. The van der Waals surface area contributed by atoms with Crippen LogP contribution in [-0.4, -0.2) is 41.3 Å². The van der Waals surface area contributed by atoms with Crippen LogP contribution >= 0.6 is 0 Å². The Balaban J connectivity index is -0.0000000450. The van der Waals surface area contributed by atoms with Gasteiger partial charge in [0.1, 0.15) is 0 Å². The summed E-state index contributed by atoms with van der Waals surface area (Å²) in [4.78, 5) is 0. The molecule has 0 aliphatic carbocycles. The first-order valence-corrected chi connectivity index (χ1v) is 0.775. The molecule has 0 amide bonds. The Kier molecular flexibility index (Phi) is 24.7. The van der Waals surface area contributed by atoms with Gasteiger partial charge in [0.05, 0.1) is 0 Å². The molecule has 0 aromatic carbocycles. The molecule has 0 bridgehead atoms. The first-order chi connectivity index (χ1) is 1.73. The van der Waals surface area contributed by atoms with E-state index >= 15 is 0 Å². The fourth-order valence-electron chi connectivity index (χ4n) is 0. The van der Waals surface area contributed by atoms with Crippen molar-refractivity contribution in [1.82, 2.24) is 0 Å². The van der Waals surface area contributed by atoms with E-state index in [0.29, 0.717) is 0 Å². The fourth-order valence-corrected chi connectivity index (χ4v) is 0. The molecule has 0 heterocycles. The molecule has 0 saturated carbocycles. The van der Waals surface area contributed by atoms with Gasteiger partial charge in [0.2, 0.25) is 0 Å². The van der Waals surface area contributed by atoms with Gasteiger partial charge >= 0.3 is 26.2 Å². The van der Waals surface area contributed by atoms with E-state index in [-0.39, 0.29) is 35.6 Å². The van der Waals surface area contributed by atoms with Gasteiger partial charge in [-0.2, -0.15) is 0 Å². The molecule has 1 radical (unpaired) electrons. The summed E-state index contributed by atoms with van der Waals surface area (Å²) in [5.74, 6) is 0. The topological polar surface area (TPSA) is 60.7 Å². The van der Waals surface area contributed by atoms with Crippen molar-refractivity contribution < 1.29 is 31.9 Å². The summed E-state index contributed by atoms with van der Waals surface area (Å²) < 4.78 is 0. The monoisotopic (exact) mass is 129 g/mol. The molecular weight excluding hydrogens is 125 g/mol. The van der Waals surface area contributed by atoms with Crippen LogP contribution in [0.2, 0.25) is 0 Å². The van der Waals surface area contributed by atoms with Crippen LogP contribution < -0.4 is 0 Å². The summed E-state index contributed by atoms with van der Waals surface area (Å²) in [5, 5.41) is 21.5. The van der Waals surface area contributed by atoms with Gasteiger partial charge in [-0.25, -0.2) is 0 Å². The Labute approximate surface area is 58.3 Å². The summed E-state index contributed by atoms with van der Waals surface area (Å²) in [7, 11) is -2.17. The zero-order chi connectivity index (χ0) is 3.58. The van der Waals surface area contributed by atoms with Crippen LogP contribution in [0.5, 0.6) is 0 Å². The first-order valence-electron chi connectivity index (χ1n) is 0.775. The van der Waals surface area contributed by atoms with Gasteiger partial charge in [0, 0.05) is 16.8 Å². The molecule has 0 aliphatic rings. The SMILES string of the molecule is OB(O)O.[Co].[LiH]. The number of hydrogen-bond donors (Lipinski definition) is 3. The van der Waals surface area contributed by atoms with Gasteiger partial charge in [-0.1, -0.05) is 0 Å². The summed E-state index contributed by atoms with van der Waals surface area (Å²) in [6.07, 6.45) is 0. The average Bonchev–Trinajstić information content (AvgIpc) is 0.811. The third kappa shape index (κ3) is 75.2. The van der Waals surface area contributed by atoms with Crippen LogP contribution in [0.1, 0.15) is 0 Å². The minimum absolute atomic E-state index is 0. The van der Waals surface area contributed by atoms with E-state index in [1.807, 2.05) is 0 Å². The van der Waals surface area contributed by atoms with E-state index in [1.54, 1.807) is 0 Å². The van der Waals surface area contributed by atoms with E-state index in [2.05, 4.69) is 0 Å². The van der Waals surface area contributed by atoms with Crippen LogP contribution in [0.4, 0.5) is 0 Å².